The Bertz CT molecular complexity index is 880. The molecule has 4 heteroatoms. The van der Waals surface area contributed by atoms with Gasteiger partial charge in [0.2, 0.25) is 0 Å². The van der Waals surface area contributed by atoms with E-state index in [-0.39, 0.29) is 12.6 Å². The standard InChI is InChI=1S/C20H21NO3/c1-3-24-20(23)15-5-4-6-17(12-15)21-13-16(9-10-22)18-11-14(2)7-8-19(18)21/h4-8,11-13,22H,3,9-10H2,1-2H3. The molecule has 0 spiro atoms. The molecule has 0 aliphatic rings. The normalized spacial score (nSPS) is 11.0. The predicted molar refractivity (Wildman–Crippen MR) is 94.8 cm³/mol. The second-order valence-corrected chi connectivity index (χ2v) is 5.79. The van der Waals surface area contributed by atoms with E-state index in [1.165, 1.54) is 5.56 Å². The molecule has 3 aromatic rings. The quantitative estimate of drug-likeness (QED) is 0.729. The molecule has 1 heterocycles. The van der Waals surface area contributed by atoms with Gasteiger partial charge in [-0.2, -0.15) is 0 Å². The summed E-state index contributed by atoms with van der Waals surface area (Å²) in [5, 5.41) is 10.5. The van der Waals surface area contributed by atoms with Crippen molar-refractivity contribution >= 4 is 16.9 Å². The molecule has 3 rings (SSSR count). The van der Waals surface area contributed by atoms with Crippen LogP contribution in [0.5, 0.6) is 0 Å². The summed E-state index contributed by atoms with van der Waals surface area (Å²) in [5.74, 6) is -0.317. The molecule has 0 radical (unpaired) electrons. The highest BCUT2D eigenvalue weighted by Crippen LogP contribution is 2.27. The molecule has 1 aromatic heterocycles. The Balaban J connectivity index is 2.12. The predicted octanol–water partition coefficient (Wildman–Crippen LogP) is 3.65. The highest BCUT2D eigenvalue weighted by molar-refractivity contribution is 5.91. The van der Waals surface area contributed by atoms with Crippen LogP contribution in [0, 0.1) is 6.92 Å². The number of carbonyl (C=O) groups excluding carboxylic acids is 1. The molecule has 0 bridgehead atoms. The third-order valence-electron chi connectivity index (χ3n) is 4.06. The van der Waals surface area contributed by atoms with Crippen LogP contribution in [0.4, 0.5) is 0 Å². The zero-order valence-corrected chi connectivity index (χ0v) is 14.0. The number of aryl methyl sites for hydroxylation is 1. The zero-order valence-electron chi connectivity index (χ0n) is 14.0. The number of rotatable bonds is 5. The number of nitrogens with zero attached hydrogens (tertiary/aromatic N) is 1. The van der Waals surface area contributed by atoms with Gasteiger partial charge in [0.05, 0.1) is 17.7 Å². The van der Waals surface area contributed by atoms with E-state index < -0.39 is 0 Å². The molecule has 24 heavy (non-hydrogen) atoms. The minimum Gasteiger partial charge on any atom is -0.462 e. The van der Waals surface area contributed by atoms with Crippen LogP contribution < -0.4 is 0 Å². The van der Waals surface area contributed by atoms with Crippen molar-refractivity contribution in [3.63, 3.8) is 0 Å². The van der Waals surface area contributed by atoms with Gasteiger partial charge in [-0.05, 0) is 56.2 Å². The fourth-order valence-corrected chi connectivity index (χ4v) is 2.94. The maximum absolute atomic E-state index is 12.0. The molecule has 2 aromatic carbocycles. The lowest BCUT2D eigenvalue weighted by atomic mass is 10.1. The summed E-state index contributed by atoms with van der Waals surface area (Å²) in [7, 11) is 0. The second-order valence-electron chi connectivity index (χ2n) is 5.79. The summed E-state index contributed by atoms with van der Waals surface area (Å²) in [5.41, 5.74) is 4.77. The van der Waals surface area contributed by atoms with Crippen LogP contribution in [0.3, 0.4) is 0 Å². The van der Waals surface area contributed by atoms with Crippen LogP contribution in [-0.4, -0.2) is 28.9 Å². The van der Waals surface area contributed by atoms with Crippen LogP contribution in [-0.2, 0) is 11.2 Å². The zero-order chi connectivity index (χ0) is 17.1. The number of aliphatic hydroxyl groups is 1. The molecule has 0 saturated carbocycles. The smallest absolute Gasteiger partial charge is 0.338 e. The first-order valence-electron chi connectivity index (χ1n) is 8.13. The number of esters is 1. The van der Waals surface area contributed by atoms with Crippen LogP contribution in [0.2, 0.25) is 0 Å². The minimum atomic E-state index is -0.317. The van der Waals surface area contributed by atoms with E-state index in [9.17, 15) is 9.90 Å². The maximum Gasteiger partial charge on any atom is 0.338 e. The fraction of sp³-hybridized carbons (Fsp3) is 0.250. The molecular weight excluding hydrogens is 302 g/mol. The van der Waals surface area contributed by atoms with Crippen molar-refractivity contribution in [3.05, 3.63) is 65.4 Å². The third-order valence-corrected chi connectivity index (χ3v) is 4.06. The molecular formula is C20H21NO3. The SMILES string of the molecule is CCOC(=O)c1cccc(-n2cc(CCO)c3cc(C)ccc32)c1. The number of benzene rings is 2. The minimum absolute atomic E-state index is 0.107. The Labute approximate surface area is 141 Å². The molecule has 0 aliphatic heterocycles. The van der Waals surface area contributed by atoms with Crippen LogP contribution in [0.1, 0.15) is 28.4 Å². The second kappa shape index (κ2) is 6.89. The Kier molecular flexibility index (Phi) is 4.67. The molecule has 0 atom stereocenters. The molecule has 4 nitrogen and oxygen atoms in total. The third kappa shape index (κ3) is 3.05. The van der Waals surface area contributed by atoms with E-state index in [0.717, 1.165) is 22.2 Å². The number of aliphatic hydroxyl groups excluding tert-OH is 1. The summed E-state index contributed by atoms with van der Waals surface area (Å²) in [6.45, 7) is 4.32. The van der Waals surface area contributed by atoms with E-state index in [4.69, 9.17) is 4.74 Å². The molecule has 124 valence electrons. The number of hydrogen-bond donors (Lipinski definition) is 1. The highest BCUT2D eigenvalue weighted by Gasteiger charge is 2.12. The molecule has 0 aliphatic carbocycles. The Hall–Kier alpha value is -2.59. The van der Waals surface area contributed by atoms with Crippen molar-refractivity contribution < 1.29 is 14.6 Å². The maximum atomic E-state index is 12.0. The average molecular weight is 323 g/mol. The molecule has 0 fully saturated rings. The summed E-state index contributed by atoms with van der Waals surface area (Å²) >= 11 is 0. The van der Waals surface area contributed by atoms with Gasteiger partial charge in [0.1, 0.15) is 0 Å². The van der Waals surface area contributed by atoms with Gasteiger partial charge in [-0.3, -0.25) is 0 Å². The van der Waals surface area contributed by atoms with Crippen molar-refractivity contribution in [2.45, 2.75) is 20.3 Å². The van der Waals surface area contributed by atoms with Gasteiger partial charge in [0.25, 0.3) is 0 Å². The van der Waals surface area contributed by atoms with Crippen LogP contribution in [0.25, 0.3) is 16.6 Å². The van der Waals surface area contributed by atoms with Gasteiger partial charge in [-0.15, -0.1) is 0 Å². The van der Waals surface area contributed by atoms with Crippen molar-refractivity contribution in [2.75, 3.05) is 13.2 Å². The van der Waals surface area contributed by atoms with Crippen molar-refractivity contribution in [1.82, 2.24) is 4.57 Å². The van der Waals surface area contributed by atoms with Crippen molar-refractivity contribution in [1.29, 1.82) is 0 Å². The van der Waals surface area contributed by atoms with Gasteiger partial charge in [-0.1, -0.05) is 17.7 Å². The van der Waals surface area contributed by atoms with E-state index in [0.29, 0.717) is 18.6 Å². The van der Waals surface area contributed by atoms with Crippen LogP contribution >= 0.6 is 0 Å². The van der Waals surface area contributed by atoms with Gasteiger partial charge in [0.15, 0.2) is 0 Å². The van der Waals surface area contributed by atoms with Crippen LogP contribution in [0.15, 0.2) is 48.7 Å². The molecule has 0 amide bonds. The average Bonchev–Trinajstić information content (AvgIpc) is 2.93. The number of ether oxygens (including phenoxy) is 1. The Morgan fingerprint density at radius 3 is 2.79 bits per heavy atom. The van der Waals surface area contributed by atoms with E-state index in [1.807, 2.05) is 24.4 Å². The topological polar surface area (TPSA) is 51.5 Å². The van der Waals surface area contributed by atoms with Gasteiger partial charge >= 0.3 is 5.97 Å². The van der Waals surface area contributed by atoms with E-state index >= 15 is 0 Å². The molecule has 0 unspecified atom stereocenters. The lowest BCUT2D eigenvalue weighted by molar-refractivity contribution is 0.0526. The summed E-state index contributed by atoms with van der Waals surface area (Å²) in [6, 6.07) is 13.7. The van der Waals surface area contributed by atoms with Gasteiger partial charge < -0.3 is 14.4 Å². The molecule has 1 N–H and O–H groups in total. The first-order valence-corrected chi connectivity index (χ1v) is 8.13. The Morgan fingerprint density at radius 2 is 2.04 bits per heavy atom. The summed E-state index contributed by atoms with van der Waals surface area (Å²) in [6.07, 6.45) is 2.63. The lowest BCUT2D eigenvalue weighted by Crippen LogP contribution is -2.05. The van der Waals surface area contributed by atoms with Gasteiger partial charge in [0, 0.05) is 23.9 Å². The highest BCUT2D eigenvalue weighted by atomic mass is 16.5. The number of aromatic nitrogens is 1. The number of carbonyl (C=O) groups is 1. The number of hydrogen-bond acceptors (Lipinski definition) is 3. The summed E-state index contributed by atoms with van der Waals surface area (Å²) in [4.78, 5) is 12.0. The first kappa shape index (κ1) is 16.3. The van der Waals surface area contributed by atoms with E-state index in [1.54, 1.807) is 13.0 Å². The lowest BCUT2D eigenvalue weighted by Gasteiger charge is -2.08. The Morgan fingerprint density at radius 1 is 1.21 bits per heavy atom. The van der Waals surface area contributed by atoms with Gasteiger partial charge in [-0.25, -0.2) is 4.79 Å². The monoisotopic (exact) mass is 323 g/mol. The number of fused-ring (bicyclic) bond motifs is 1. The first-order chi connectivity index (χ1) is 11.6. The van der Waals surface area contributed by atoms with Crippen molar-refractivity contribution in [3.8, 4) is 5.69 Å². The van der Waals surface area contributed by atoms with E-state index in [2.05, 4.69) is 29.7 Å². The summed E-state index contributed by atoms with van der Waals surface area (Å²) < 4.78 is 7.14. The van der Waals surface area contributed by atoms with Crippen molar-refractivity contribution in [2.24, 2.45) is 0 Å². The fourth-order valence-electron chi connectivity index (χ4n) is 2.94. The molecule has 0 saturated heterocycles. The largest absolute Gasteiger partial charge is 0.462 e.